The van der Waals surface area contributed by atoms with Crippen molar-refractivity contribution in [2.24, 2.45) is 0 Å². The van der Waals surface area contributed by atoms with E-state index < -0.39 is 0 Å². The summed E-state index contributed by atoms with van der Waals surface area (Å²) < 4.78 is 0. The summed E-state index contributed by atoms with van der Waals surface area (Å²) in [6, 6.07) is 71.1. The van der Waals surface area contributed by atoms with Gasteiger partial charge in [-0.3, -0.25) is 0 Å². The zero-order valence-corrected chi connectivity index (χ0v) is 29.4. The molecule has 9 aromatic carbocycles. The third-order valence-corrected chi connectivity index (χ3v) is 10.5. The lowest BCUT2D eigenvalue weighted by Crippen LogP contribution is -2.02. The molecular weight excluding hydrogens is 655 g/mol. The Labute approximate surface area is 313 Å². The van der Waals surface area contributed by atoms with Crippen molar-refractivity contribution in [1.82, 2.24) is 15.4 Å². The molecule has 0 aliphatic heterocycles. The van der Waals surface area contributed by atoms with Crippen molar-refractivity contribution >= 4 is 32.3 Å². The van der Waals surface area contributed by atoms with Crippen molar-refractivity contribution in [2.75, 3.05) is 0 Å². The smallest absolute Gasteiger partial charge is 0.105 e. The van der Waals surface area contributed by atoms with Crippen molar-refractivity contribution in [1.29, 1.82) is 0 Å². The molecule has 0 unspecified atom stereocenters. The van der Waals surface area contributed by atoms with Gasteiger partial charge in [0.2, 0.25) is 0 Å². The minimum absolute atomic E-state index is 0.784. The Morgan fingerprint density at radius 3 is 1.33 bits per heavy atom. The molecule has 0 aliphatic rings. The SMILES string of the molecule is c1ccc(-c2ccccc2-c2cccc(-c3nnnc(-c4ccccc4)c3-c3ccccc3)c2-c2cccc3c4ccccc4c4ccccc4c23)cc1. The summed E-state index contributed by atoms with van der Waals surface area (Å²) in [4.78, 5) is 0. The molecule has 1 heterocycles. The molecule has 0 radical (unpaired) electrons. The van der Waals surface area contributed by atoms with E-state index in [-0.39, 0.29) is 0 Å². The first-order valence-electron chi connectivity index (χ1n) is 18.3. The predicted molar refractivity (Wildman–Crippen MR) is 225 cm³/mol. The molecule has 0 saturated heterocycles. The molecule has 252 valence electrons. The number of fused-ring (bicyclic) bond motifs is 6. The highest BCUT2D eigenvalue weighted by Gasteiger charge is 2.25. The molecule has 0 atom stereocenters. The molecule has 0 fully saturated rings. The molecule has 0 N–H and O–H groups in total. The van der Waals surface area contributed by atoms with Crippen LogP contribution in [0.25, 0.3) is 99.3 Å². The molecule has 0 amide bonds. The Morgan fingerprint density at radius 2 is 0.667 bits per heavy atom. The largest absolute Gasteiger partial charge is 0.129 e. The first kappa shape index (κ1) is 31.5. The van der Waals surface area contributed by atoms with Gasteiger partial charge in [-0.15, -0.1) is 10.2 Å². The van der Waals surface area contributed by atoms with Crippen molar-refractivity contribution in [3.8, 4) is 67.0 Å². The van der Waals surface area contributed by atoms with Gasteiger partial charge in [0.1, 0.15) is 11.4 Å². The number of nitrogens with zero attached hydrogens (tertiary/aromatic N) is 3. The third kappa shape index (κ3) is 5.25. The van der Waals surface area contributed by atoms with Gasteiger partial charge in [0, 0.05) is 16.7 Å². The first-order valence-corrected chi connectivity index (χ1v) is 18.3. The summed E-state index contributed by atoms with van der Waals surface area (Å²) in [5, 5.41) is 21.5. The van der Waals surface area contributed by atoms with E-state index in [9.17, 15) is 0 Å². The topological polar surface area (TPSA) is 38.7 Å². The van der Waals surface area contributed by atoms with Gasteiger partial charge in [-0.2, -0.15) is 0 Å². The van der Waals surface area contributed by atoms with Gasteiger partial charge in [-0.1, -0.05) is 200 Å². The van der Waals surface area contributed by atoms with Gasteiger partial charge >= 0.3 is 0 Å². The van der Waals surface area contributed by atoms with Crippen LogP contribution in [0.2, 0.25) is 0 Å². The number of rotatable bonds is 6. The molecule has 3 nitrogen and oxygen atoms in total. The number of aromatic nitrogens is 3. The lowest BCUT2D eigenvalue weighted by molar-refractivity contribution is 0.879. The maximum Gasteiger partial charge on any atom is 0.105 e. The fourth-order valence-corrected chi connectivity index (χ4v) is 8.20. The average Bonchev–Trinajstić information content (AvgIpc) is 3.26. The van der Waals surface area contributed by atoms with Gasteiger partial charge in [-0.05, 0) is 76.5 Å². The summed E-state index contributed by atoms with van der Waals surface area (Å²) in [6.07, 6.45) is 0. The molecule has 54 heavy (non-hydrogen) atoms. The second-order valence-corrected chi connectivity index (χ2v) is 13.6. The van der Waals surface area contributed by atoms with Crippen LogP contribution in [-0.2, 0) is 0 Å². The van der Waals surface area contributed by atoms with Gasteiger partial charge in [0.05, 0.1) is 0 Å². The highest BCUT2D eigenvalue weighted by Crippen LogP contribution is 2.49. The normalized spacial score (nSPS) is 11.3. The molecule has 10 rings (SSSR count). The average molecular weight is 688 g/mol. The Bertz CT molecular complexity index is 2930. The summed E-state index contributed by atoms with van der Waals surface area (Å²) in [5.41, 5.74) is 12.4. The van der Waals surface area contributed by atoms with Crippen LogP contribution in [-0.4, -0.2) is 15.4 Å². The minimum atomic E-state index is 0.784. The molecule has 1 aromatic heterocycles. The van der Waals surface area contributed by atoms with Gasteiger partial charge in [0.25, 0.3) is 0 Å². The monoisotopic (exact) mass is 687 g/mol. The Hall–Kier alpha value is -7.23. The lowest BCUT2D eigenvalue weighted by atomic mass is 9.82. The Kier molecular flexibility index (Phi) is 7.81. The van der Waals surface area contributed by atoms with Crippen LogP contribution >= 0.6 is 0 Å². The highest BCUT2D eigenvalue weighted by atomic mass is 15.3. The standard InChI is InChI=1S/C51H33N3/c1-4-18-34(19-5-1)37-24-10-11-25-38(37)43-31-17-33-46(51-47(35-20-6-2-7-21-35)50(52-54-53-51)36-22-8-3-9-23-36)49(43)45-32-16-30-44-41-27-13-12-26-39(41)40-28-14-15-29-42(40)48(44)45/h1-33H. The molecule has 0 saturated carbocycles. The molecule has 10 aromatic rings. The van der Waals surface area contributed by atoms with Crippen molar-refractivity contribution < 1.29 is 0 Å². The van der Waals surface area contributed by atoms with E-state index in [4.69, 9.17) is 10.2 Å². The van der Waals surface area contributed by atoms with Crippen LogP contribution < -0.4 is 0 Å². The second kappa shape index (κ2) is 13.4. The Morgan fingerprint density at radius 1 is 0.241 bits per heavy atom. The lowest BCUT2D eigenvalue weighted by Gasteiger charge is -2.22. The summed E-state index contributed by atoms with van der Waals surface area (Å²) in [7, 11) is 0. The zero-order valence-electron chi connectivity index (χ0n) is 29.4. The van der Waals surface area contributed by atoms with Crippen molar-refractivity contribution in [3.05, 3.63) is 200 Å². The van der Waals surface area contributed by atoms with Crippen LogP contribution in [0.1, 0.15) is 0 Å². The summed E-state index contributed by atoms with van der Waals surface area (Å²) in [5.74, 6) is 0. The molecule has 0 bridgehead atoms. The van der Waals surface area contributed by atoms with Crippen LogP contribution in [0, 0.1) is 0 Å². The molecule has 0 aliphatic carbocycles. The first-order chi connectivity index (χ1) is 26.8. The number of hydrogen-bond donors (Lipinski definition) is 0. The van der Waals surface area contributed by atoms with Gasteiger partial charge < -0.3 is 0 Å². The fourth-order valence-electron chi connectivity index (χ4n) is 8.20. The second-order valence-electron chi connectivity index (χ2n) is 13.6. The highest BCUT2D eigenvalue weighted by molar-refractivity contribution is 6.29. The molecule has 0 spiro atoms. The zero-order chi connectivity index (χ0) is 35.8. The van der Waals surface area contributed by atoms with Crippen LogP contribution in [0.15, 0.2) is 200 Å². The third-order valence-electron chi connectivity index (χ3n) is 10.5. The Balaban J connectivity index is 1.38. The van der Waals surface area contributed by atoms with Crippen LogP contribution in [0.3, 0.4) is 0 Å². The molecule has 3 heteroatoms. The van der Waals surface area contributed by atoms with E-state index in [1.807, 2.05) is 24.3 Å². The van der Waals surface area contributed by atoms with Crippen molar-refractivity contribution in [2.45, 2.75) is 0 Å². The van der Waals surface area contributed by atoms with Crippen LogP contribution in [0.5, 0.6) is 0 Å². The fraction of sp³-hybridized carbons (Fsp3) is 0. The number of benzene rings is 9. The quantitative estimate of drug-likeness (QED) is 0.163. The van der Waals surface area contributed by atoms with E-state index in [1.165, 1.54) is 43.4 Å². The van der Waals surface area contributed by atoms with E-state index >= 15 is 0 Å². The van der Waals surface area contributed by atoms with Crippen molar-refractivity contribution in [3.63, 3.8) is 0 Å². The maximum atomic E-state index is 4.94. The van der Waals surface area contributed by atoms with E-state index in [0.29, 0.717) is 0 Å². The van der Waals surface area contributed by atoms with E-state index in [1.54, 1.807) is 0 Å². The predicted octanol–water partition coefficient (Wildman–Crippen LogP) is 13.3. The van der Waals surface area contributed by atoms with Crippen LogP contribution in [0.4, 0.5) is 0 Å². The van der Waals surface area contributed by atoms with E-state index in [2.05, 4.69) is 181 Å². The minimum Gasteiger partial charge on any atom is -0.129 e. The number of hydrogen-bond acceptors (Lipinski definition) is 3. The maximum absolute atomic E-state index is 4.94. The summed E-state index contributed by atoms with van der Waals surface area (Å²) >= 11 is 0. The molecular formula is C51H33N3. The van der Waals surface area contributed by atoms with Gasteiger partial charge in [-0.25, -0.2) is 0 Å². The summed E-state index contributed by atoms with van der Waals surface area (Å²) in [6.45, 7) is 0. The van der Waals surface area contributed by atoms with Gasteiger partial charge in [0.15, 0.2) is 0 Å². The van der Waals surface area contributed by atoms with E-state index in [0.717, 1.165) is 55.9 Å².